The van der Waals surface area contributed by atoms with Crippen molar-refractivity contribution in [3.8, 4) is 0 Å². The molecule has 1 aromatic rings. The van der Waals surface area contributed by atoms with Gasteiger partial charge in [-0.05, 0) is 11.6 Å². The van der Waals surface area contributed by atoms with Gasteiger partial charge in [0.2, 0.25) is 5.95 Å². The quantitative estimate of drug-likeness (QED) is 0.649. The molecule has 0 aliphatic heterocycles. The molecule has 3 heteroatoms. The summed E-state index contributed by atoms with van der Waals surface area (Å²) in [6.45, 7) is 3.76. The lowest BCUT2D eigenvalue weighted by molar-refractivity contribution is 0.576. The van der Waals surface area contributed by atoms with Gasteiger partial charge >= 0.3 is 0 Å². The normalized spacial score (nSPS) is 9.64. The second-order valence-corrected chi connectivity index (χ2v) is 2.12. The van der Waals surface area contributed by atoms with Crippen LogP contribution in [0.5, 0.6) is 0 Å². The number of hydrogen-bond donors (Lipinski definition) is 1. The minimum Gasteiger partial charge on any atom is -0.325 e. The van der Waals surface area contributed by atoms with Crippen molar-refractivity contribution in [3.05, 3.63) is 35.9 Å². The van der Waals surface area contributed by atoms with Gasteiger partial charge in [-0.3, -0.25) is 0 Å². The number of pyridine rings is 1. The van der Waals surface area contributed by atoms with Crippen molar-refractivity contribution in [2.24, 2.45) is 5.73 Å². The zero-order chi connectivity index (χ0) is 8.27. The molecule has 0 saturated heterocycles. The van der Waals surface area contributed by atoms with Crippen LogP contribution in [0.1, 0.15) is 11.3 Å². The van der Waals surface area contributed by atoms with Crippen LogP contribution in [0.25, 0.3) is 6.08 Å². The number of nitrogens with two attached hydrogens (primary N) is 1. The number of halogens is 1. The van der Waals surface area contributed by atoms with Crippen molar-refractivity contribution < 1.29 is 4.39 Å². The summed E-state index contributed by atoms with van der Waals surface area (Å²) in [5.74, 6) is -0.511. The van der Waals surface area contributed by atoms with Gasteiger partial charge in [-0.1, -0.05) is 12.7 Å². The van der Waals surface area contributed by atoms with Crippen molar-refractivity contribution >= 4 is 6.08 Å². The van der Waals surface area contributed by atoms with E-state index in [1.165, 1.54) is 6.07 Å². The Bertz CT molecular complexity index is 271. The van der Waals surface area contributed by atoms with E-state index in [0.29, 0.717) is 11.3 Å². The summed E-state index contributed by atoms with van der Waals surface area (Å²) in [6.07, 6.45) is 1.56. The first-order valence-corrected chi connectivity index (χ1v) is 3.25. The molecule has 1 heterocycles. The molecule has 0 amide bonds. The summed E-state index contributed by atoms with van der Waals surface area (Å²) < 4.78 is 12.6. The number of nitrogens with zero attached hydrogens (tertiary/aromatic N) is 1. The van der Waals surface area contributed by atoms with Crippen LogP contribution in [0.3, 0.4) is 0 Å². The average molecular weight is 152 g/mol. The van der Waals surface area contributed by atoms with Crippen LogP contribution in [0.15, 0.2) is 18.7 Å². The number of aromatic nitrogens is 1. The molecule has 0 radical (unpaired) electrons. The lowest BCUT2D eigenvalue weighted by Crippen LogP contribution is -2.01. The van der Waals surface area contributed by atoms with Gasteiger partial charge in [0.1, 0.15) is 0 Å². The molecule has 58 valence electrons. The first-order chi connectivity index (χ1) is 5.26. The lowest BCUT2D eigenvalue weighted by Gasteiger charge is -1.97. The predicted molar refractivity (Wildman–Crippen MR) is 42.2 cm³/mol. The molecule has 0 saturated carbocycles. The molecule has 0 fully saturated rings. The van der Waals surface area contributed by atoms with Gasteiger partial charge in [0.15, 0.2) is 0 Å². The SMILES string of the molecule is C=Cc1cc(F)nc(CN)c1. The van der Waals surface area contributed by atoms with Crippen LogP contribution in [0, 0.1) is 5.95 Å². The number of hydrogen-bond acceptors (Lipinski definition) is 2. The van der Waals surface area contributed by atoms with Crippen molar-refractivity contribution in [2.45, 2.75) is 6.54 Å². The zero-order valence-electron chi connectivity index (χ0n) is 6.05. The molecular weight excluding hydrogens is 143 g/mol. The third-order valence-electron chi connectivity index (χ3n) is 1.31. The smallest absolute Gasteiger partial charge is 0.213 e. The molecule has 11 heavy (non-hydrogen) atoms. The van der Waals surface area contributed by atoms with Crippen LogP contribution in [-0.4, -0.2) is 4.98 Å². The van der Waals surface area contributed by atoms with E-state index in [-0.39, 0.29) is 6.54 Å². The summed E-state index contributed by atoms with van der Waals surface area (Å²) >= 11 is 0. The maximum Gasteiger partial charge on any atom is 0.213 e. The van der Waals surface area contributed by atoms with Gasteiger partial charge < -0.3 is 5.73 Å². The van der Waals surface area contributed by atoms with Crippen molar-refractivity contribution in [1.29, 1.82) is 0 Å². The van der Waals surface area contributed by atoms with Gasteiger partial charge in [0, 0.05) is 12.6 Å². The predicted octanol–water partition coefficient (Wildman–Crippen LogP) is 1.32. The Kier molecular flexibility index (Phi) is 2.33. The summed E-state index contributed by atoms with van der Waals surface area (Å²) in [5.41, 5.74) is 6.53. The molecule has 0 unspecified atom stereocenters. The fraction of sp³-hybridized carbons (Fsp3) is 0.125. The fourth-order valence-electron chi connectivity index (χ4n) is 0.796. The van der Waals surface area contributed by atoms with Crippen molar-refractivity contribution in [2.75, 3.05) is 0 Å². The van der Waals surface area contributed by atoms with Crippen LogP contribution >= 0.6 is 0 Å². The van der Waals surface area contributed by atoms with E-state index in [2.05, 4.69) is 11.6 Å². The Hall–Kier alpha value is -1.22. The van der Waals surface area contributed by atoms with Gasteiger partial charge in [0.05, 0.1) is 5.69 Å². The van der Waals surface area contributed by atoms with Crippen LogP contribution in [0.2, 0.25) is 0 Å². The standard InChI is InChI=1S/C8H9FN2/c1-2-6-3-7(5-10)11-8(9)4-6/h2-4H,1,5,10H2. The van der Waals surface area contributed by atoms with Gasteiger partial charge in [-0.25, -0.2) is 4.98 Å². The highest BCUT2D eigenvalue weighted by Crippen LogP contribution is 2.05. The Morgan fingerprint density at radius 2 is 2.36 bits per heavy atom. The van der Waals surface area contributed by atoms with Crippen molar-refractivity contribution in [3.63, 3.8) is 0 Å². The van der Waals surface area contributed by atoms with E-state index in [0.717, 1.165) is 0 Å². The molecule has 0 aliphatic rings. The van der Waals surface area contributed by atoms with Gasteiger partial charge in [-0.2, -0.15) is 4.39 Å². The van der Waals surface area contributed by atoms with Crippen LogP contribution in [0.4, 0.5) is 4.39 Å². The van der Waals surface area contributed by atoms with E-state index < -0.39 is 5.95 Å². The first-order valence-electron chi connectivity index (χ1n) is 3.25. The topological polar surface area (TPSA) is 38.9 Å². The van der Waals surface area contributed by atoms with Gasteiger partial charge in [0.25, 0.3) is 0 Å². The highest BCUT2D eigenvalue weighted by Gasteiger charge is 1.97. The second-order valence-electron chi connectivity index (χ2n) is 2.12. The molecule has 0 bridgehead atoms. The Labute approximate surface area is 64.6 Å². The largest absolute Gasteiger partial charge is 0.325 e. The van der Waals surface area contributed by atoms with Crippen molar-refractivity contribution in [1.82, 2.24) is 4.98 Å². The Morgan fingerprint density at radius 1 is 1.64 bits per heavy atom. The van der Waals surface area contributed by atoms with E-state index in [1.54, 1.807) is 12.1 Å². The summed E-state index contributed by atoms with van der Waals surface area (Å²) in [5, 5.41) is 0. The number of rotatable bonds is 2. The van der Waals surface area contributed by atoms with E-state index >= 15 is 0 Å². The zero-order valence-corrected chi connectivity index (χ0v) is 6.05. The summed E-state index contributed by atoms with van der Waals surface area (Å²) in [6, 6.07) is 3.02. The third-order valence-corrected chi connectivity index (χ3v) is 1.31. The molecule has 0 aliphatic carbocycles. The third kappa shape index (κ3) is 1.85. The molecule has 1 rings (SSSR count). The minimum absolute atomic E-state index is 0.249. The minimum atomic E-state index is -0.511. The molecule has 0 atom stereocenters. The lowest BCUT2D eigenvalue weighted by atomic mass is 10.2. The highest BCUT2D eigenvalue weighted by atomic mass is 19.1. The summed E-state index contributed by atoms with van der Waals surface area (Å²) in [4.78, 5) is 3.56. The maximum atomic E-state index is 12.6. The average Bonchev–Trinajstić information content (AvgIpc) is 2.03. The van der Waals surface area contributed by atoms with Gasteiger partial charge in [-0.15, -0.1) is 0 Å². The Balaban J connectivity index is 3.11. The maximum absolute atomic E-state index is 12.6. The Morgan fingerprint density at radius 3 is 2.91 bits per heavy atom. The molecule has 2 N–H and O–H groups in total. The summed E-state index contributed by atoms with van der Waals surface area (Å²) in [7, 11) is 0. The first kappa shape index (κ1) is 7.88. The molecule has 0 spiro atoms. The van der Waals surface area contributed by atoms with E-state index in [4.69, 9.17) is 5.73 Å². The van der Waals surface area contributed by atoms with Crippen LogP contribution < -0.4 is 5.73 Å². The van der Waals surface area contributed by atoms with Crippen LogP contribution in [-0.2, 0) is 6.54 Å². The highest BCUT2D eigenvalue weighted by molar-refractivity contribution is 5.46. The molecule has 1 aromatic heterocycles. The second kappa shape index (κ2) is 3.25. The monoisotopic (exact) mass is 152 g/mol. The fourth-order valence-corrected chi connectivity index (χ4v) is 0.796. The molecular formula is C8H9FN2. The molecule has 0 aromatic carbocycles. The van der Waals surface area contributed by atoms with E-state index in [1.807, 2.05) is 0 Å². The molecule has 2 nitrogen and oxygen atoms in total. The van der Waals surface area contributed by atoms with E-state index in [9.17, 15) is 4.39 Å².